The number of rotatable bonds is 2. The van der Waals surface area contributed by atoms with E-state index in [1.54, 1.807) is 7.11 Å². The summed E-state index contributed by atoms with van der Waals surface area (Å²) in [5, 5.41) is 0. The average Bonchev–Trinajstić information content (AvgIpc) is 2.04. The molecule has 0 amide bonds. The SMILES string of the molecule is CO/C=C1/C[C@H](C)CC[C@H]1C(C)C. The minimum Gasteiger partial charge on any atom is -0.504 e. The zero-order valence-electron chi connectivity index (χ0n) is 9.34. The summed E-state index contributed by atoms with van der Waals surface area (Å²) in [6.07, 6.45) is 5.93. The molecule has 0 aromatic rings. The van der Waals surface area contributed by atoms with Gasteiger partial charge in [-0.05, 0) is 42.6 Å². The van der Waals surface area contributed by atoms with E-state index in [1.807, 2.05) is 6.26 Å². The Morgan fingerprint density at radius 3 is 2.62 bits per heavy atom. The molecule has 0 heterocycles. The third-order valence-corrected chi connectivity index (χ3v) is 3.10. The van der Waals surface area contributed by atoms with Gasteiger partial charge in [0.15, 0.2) is 0 Å². The van der Waals surface area contributed by atoms with E-state index in [1.165, 1.54) is 24.8 Å². The molecule has 1 heteroatoms. The van der Waals surface area contributed by atoms with E-state index in [9.17, 15) is 0 Å². The lowest BCUT2D eigenvalue weighted by molar-refractivity contribution is 0.274. The van der Waals surface area contributed by atoms with Crippen LogP contribution >= 0.6 is 0 Å². The van der Waals surface area contributed by atoms with Crippen molar-refractivity contribution >= 4 is 0 Å². The molecule has 0 aromatic carbocycles. The summed E-state index contributed by atoms with van der Waals surface area (Å²) >= 11 is 0. The molecular weight excluding hydrogens is 160 g/mol. The van der Waals surface area contributed by atoms with Crippen molar-refractivity contribution in [1.29, 1.82) is 0 Å². The van der Waals surface area contributed by atoms with E-state index in [0.717, 1.165) is 17.8 Å². The highest BCUT2D eigenvalue weighted by Gasteiger charge is 2.25. The van der Waals surface area contributed by atoms with Crippen molar-refractivity contribution in [3.05, 3.63) is 11.8 Å². The van der Waals surface area contributed by atoms with Crippen LogP contribution in [-0.4, -0.2) is 7.11 Å². The van der Waals surface area contributed by atoms with E-state index >= 15 is 0 Å². The van der Waals surface area contributed by atoms with Crippen molar-refractivity contribution in [3.63, 3.8) is 0 Å². The Bertz CT molecular complexity index is 182. The molecule has 0 aliphatic heterocycles. The molecule has 0 unspecified atom stereocenters. The lowest BCUT2D eigenvalue weighted by Crippen LogP contribution is -2.20. The van der Waals surface area contributed by atoms with Crippen molar-refractivity contribution in [1.82, 2.24) is 0 Å². The number of hydrogen-bond acceptors (Lipinski definition) is 1. The summed E-state index contributed by atoms with van der Waals surface area (Å²) in [5.41, 5.74) is 1.52. The minimum atomic E-state index is 0.758. The van der Waals surface area contributed by atoms with E-state index < -0.39 is 0 Å². The second-order valence-electron chi connectivity index (χ2n) is 4.67. The third-order valence-electron chi connectivity index (χ3n) is 3.10. The summed E-state index contributed by atoms with van der Waals surface area (Å²) in [6.45, 7) is 6.95. The van der Waals surface area contributed by atoms with Crippen LogP contribution in [0.5, 0.6) is 0 Å². The van der Waals surface area contributed by atoms with Crippen molar-refractivity contribution in [2.75, 3.05) is 7.11 Å². The highest BCUT2D eigenvalue weighted by Crippen LogP contribution is 2.37. The maximum atomic E-state index is 5.15. The van der Waals surface area contributed by atoms with Crippen LogP contribution in [-0.2, 0) is 4.74 Å². The van der Waals surface area contributed by atoms with Crippen LogP contribution in [0, 0.1) is 17.8 Å². The van der Waals surface area contributed by atoms with Gasteiger partial charge in [-0.2, -0.15) is 0 Å². The second-order valence-corrected chi connectivity index (χ2v) is 4.67. The molecule has 2 atom stereocenters. The number of methoxy groups -OCH3 is 1. The van der Waals surface area contributed by atoms with Gasteiger partial charge in [-0.1, -0.05) is 20.8 Å². The van der Waals surface area contributed by atoms with Crippen molar-refractivity contribution in [3.8, 4) is 0 Å². The predicted octanol–water partition coefficient (Wildman–Crippen LogP) is 3.61. The van der Waals surface area contributed by atoms with Gasteiger partial charge >= 0.3 is 0 Å². The number of hydrogen-bond donors (Lipinski definition) is 0. The molecule has 1 aliphatic carbocycles. The lowest BCUT2D eigenvalue weighted by Gasteiger charge is -2.31. The van der Waals surface area contributed by atoms with Crippen LogP contribution in [0.4, 0.5) is 0 Å². The Morgan fingerprint density at radius 2 is 2.08 bits per heavy atom. The third kappa shape index (κ3) is 2.75. The van der Waals surface area contributed by atoms with Crippen LogP contribution in [0.2, 0.25) is 0 Å². The first-order chi connectivity index (χ1) is 6.15. The zero-order chi connectivity index (χ0) is 9.84. The highest BCUT2D eigenvalue weighted by atomic mass is 16.5. The largest absolute Gasteiger partial charge is 0.504 e. The van der Waals surface area contributed by atoms with Gasteiger partial charge in [-0.25, -0.2) is 0 Å². The van der Waals surface area contributed by atoms with Gasteiger partial charge in [0.25, 0.3) is 0 Å². The topological polar surface area (TPSA) is 9.23 Å². The fourth-order valence-corrected chi connectivity index (χ4v) is 2.35. The van der Waals surface area contributed by atoms with Crippen LogP contribution in [0.15, 0.2) is 11.8 Å². The summed E-state index contributed by atoms with van der Waals surface area (Å²) in [5.74, 6) is 2.36. The van der Waals surface area contributed by atoms with Gasteiger partial charge in [0.05, 0.1) is 13.4 Å². The first-order valence-electron chi connectivity index (χ1n) is 5.36. The molecule has 0 spiro atoms. The average molecular weight is 182 g/mol. The smallest absolute Gasteiger partial charge is 0.0819 e. The Hall–Kier alpha value is -0.460. The molecule has 0 aromatic heterocycles. The molecule has 76 valence electrons. The number of allylic oxidation sites excluding steroid dienone is 1. The van der Waals surface area contributed by atoms with Gasteiger partial charge in [0.1, 0.15) is 0 Å². The Balaban J connectivity index is 2.66. The first-order valence-corrected chi connectivity index (χ1v) is 5.36. The molecule has 0 N–H and O–H groups in total. The fourth-order valence-electron chi connectivity index (χ4n) is 2.35. The van der Waals surface area contributed by atoms with Crippen LogP contribution in [0.25, 0.3) is 0 Å². The van der Waals surface area contributed by atoms with Crippen molar-refractivity contribution in [2.45, 2.75) is 40.0 Å². The van der Waals surface area contributed by atoms with Gasteiger partial charge in [-0.3, -0.25) is 0 Å². The molecule has 1 nitrogen and oxygen atoms in total. The van der Waals surface area contributed by atoms with E-state index in [4.69, 9.17) is 4.74 Å². The molecule has 0 radical (unpaired) electrons. The van der Waals surface area contributed by atoms with E-state index in [2.05, 4.69) is 20.8 Å². The van der Waals surface area contributed by atoms with Crippen molar-refractivity contribution < 1.29 is 4.74 Å². The van der Waals surface area contributed by atoms with Gasteiger partial charge in [-0.15, -0.1) is 0 Å². The maximum Gasteiger partial charge on any atom is 0.0819 e. The maximum absolute atomic E-state index is 5.15. The molecule has 13 heavy (non-hydrogen) atoms. The molecule has 1 fully saturated rings. The van der Waals surface area contributed by atoms with Crippen LogP contribution in [0.1, 0.15) is 40.0 Å². The molecule has 0 saturated heterocycles. The highest BCUT2D eigenvalue weighted by molar-refractivity contribution is 5.08. The zero-order valence-corrected chi connectivity index (χ0v) is 9.34. The Kier molecular flexibility index (Phi) is 3.83. The molecule has 1 saturated carbocycles. The standard InChI is InChI=1S/C12H22O/c1-9(2)12-6-5-10(3)7-11(12)8-13-4/h8-10,12H,5-7H2,1-4H3/b11-8-/t10-,12+/m1/s1. The fraction of sp³-hybridized carbons (Fsp3) is 0.833. The summed E-state index contributed by atoms with van der Waals surface area (Å²) in [6, 6.07) is 0. The Labute approximate surface area is 82.2 Å². The van der Waals surface area contributed by atoms with E-state index in [0.29, 0.717) is 0 Å². The van der Waals surface area contributed by atoms with Gasteiger partial charge in [0.2, 0.25) is 0 Å². The van der Waals surface area contributed by atoms with Crippen molar-refractivity contribution in [2.24, 2.45) is 17.8 Å². The van der Waals surface area contributed by atoms with Crippen LogP contribution < -0.4 is 0 Å². The summed E-state index contributed by atoms with van der Waals surface area (Å²) in [4.78, 5) is 0. The lowest BCUT2D eigenvalue weighted by atomic mass is 9.74. The second kappa shape index (κ2) is 4.69. The predicted molar refractivity (Wildman–Crippen MR) is 56.4 cm³/mol. The summed E-state index contributed by atoms with van der Waals surface area (Å²) < 4.78 is 5.15. The van der Waals surface area contributed by atoms with Gasteiger partial charge in [0, 0.05) is 0 Å². The normalized spacial score (nSPS) is 32.5. The van der Waals surface area contributed by atoms with Gasteiger partial charge < -0.3 is 4.74 Å². The molecule has 1 aliphatic rings. The summed E-state index contributed by atoms with van der Waals surface area (Å²) in [7, 11) is 1.75. The monoisotopic (exact) mass is 182 g/mol. The van der Waals surface area contributed by atoms with E-state index in [-0.39, 0.29) is 0 Å². The first kappa shape index (κ1) is 10.6. The molecule has 1 rings (SSSR count). The van der Waals surface area contributed by atoms with Crippen LogP contribution in [0.3, 0.4) is 0 Å². The Morgan fingerprint density at radius 1 is 1.38 bits per heavy atom. The molecular formula is C12H22O. The minimum absolute atomic E-state index is 0.758. The molecule has 0 bridgehead atoms. The number of ether oxygens (including phenoxy) is 1. The quantitative estimate of drug-likeness (QED) is 0.593.